The van der Waals surface area contributed by atoms with E-state index in [9.17, 15) is 9.90 Å². The van der Waals surface area contributed by atoms with Crippen molar-refractivity contribution in [2.24, 2.45) is 39.9 Å². The molecule has 4 rings (SSSR count). The van der Waals surface area contributed by atoms with Crippen molar-refractivity contribution in [2.45, 2.75) is 33.6 Å². The van der Waals surface area contributed by atoms with Gasteiger partial charge in [-0.15, -0.1) is 0 Å². The Balaban J connectivity index is 1.94. The molecule has 3 saturated carbocycles. The van der Waals surface area contributed by atoms with Crippen molar-refractivity contribution in [2.75, 3.05) is 0 Å². The van der Waals surface area contributed by atoms with Gasteiger partial charge in [0.25, 0.3) is 0 Å². The van der Waals surface area contributed by atoms with E-state index in [4.69, 9.17) is 0 Å². The lowest BCUT2D eigenvalue weighted by Crippen LogP contribution is -2.40. The third-order valence-electron chi connectivity index (χ3n) is 7.00. The maximum Gasteiger partial charge on any atom is 0.307 e. The first-order valence-corrected chi connectivity index (χ1v) is 6.80. The zero-order chi connectivity index (χ0) is 12.2. The van der Waals surface area contributed by atoms with Crippen LogP contribution in [-0.2, 0) is 4.79 Å². The highest BCUT2D eigenvalue weighted by Gasteiger charge is 2.87. The van der Waals surface area contributed by atoms with E-state index in [0.717, 1.165) is 18.8 Å². The van der Waals surface area contributed by atoms with Crippen molar-refractivity contribution in [1.29, 1.82) is 0 Å². The largest absolute Gasteiger partial charge is 0.481 e. The summed E-state index contributed by atoms with van der Waals surface area (Å²) < 4.78 is 0. The molecule has 0 aromatic carbocycles. The first kappa shape index (κ1) is 10.2. The van der Waals surface area contributed by atoms with E-state index in [0.29, 0.717) is 17.3 Å². The van der Waals surface area contributed by atoms with Crippen LogP contribution in [0.25, 0.3) is 0 Å². The summed E-state index contributed by atoms with van der Waals surface area (Å²) in [5.41, 5.74) is 0.575. The Morgan fingerprint density at radius 3 is 2.65 bits per heavy atom. The minimum absolute atomic E-state index is 0.0162. The van der Waals surface area contributed by atoms with Crippen LogP contribution in [0.3, 0.4) is 0 Å². The number of hydrogen-bond acceptors (Lipinski definition) is 1. The van der Waals surface area contributed by atoms with Crippen LogP contribution in [0.4, 0.5) is 0 Å². The molecule has 1 N–H and O–H groups in total. The van der Waals surface area contributed by atoms with Crippen molar-refractivity contribution in [1.82, 2.24) is 0 Å². The van der Waals surface area contributed by atoms with E-state index in [1.165, 1.54) is 0 Å². The highest BCUT2D eigenvalue weighted by atomic mass is 16.4. The van der Waals surface area contributed by atoms with Gasteiger partial charge in [-0.05, 0) is 41.4 Å². The Morgan fingerprint density at radius 1 is 1.29 bits per heavy atom. The monoisotopic (exact) mass is 232 g/mol. The van der Waals surface area contributed by atoms with Gasteiger partial charge in [-0.25, -0.2) is 0 Å². The molecule has 0 aromatic rings. The van der Waals surface area contributed by atoms with Gasteiger partial charge in [-0.1, -0.05) is 32.9 Å². The quantitative estimate of drug-likeness (QED) is 0.706. The molecular formula is C15H20O2. The highest BCUT2D eigenvalue weighted by molar-refractivity contribution is 5.74. The Kier molecular flexibility index (Phi) is 1.40. The predicted molar refractivity (Wildman–Crippen MR) is 64.3 cm³/mol. The van der Waals surface area contributed by atoms with Gasteiger partial charge in [-0.2, -0.15) is 0 Å². The summed E-state index contributed by atoms with van der Waals surface area (Å²) in [6, 6.07) is 0. The summed E-state index contributed by atoms with van der Waals surface area (Å²) in [4.78, 5) is 11.6. The molecule has 17 heavy (non-hydrogen) atoms. The molecule has 2 heteroatoms. The summed E-state index contributed by atoms with van der Waals surface area (Å²) >= 11 is 0. The minimum atomic E-state index is -0.567. The van der Waals surface area contributed by atoms with Crippen LogP contribution < -0.4 is 0 Å². The van der Waals surface area contributed by atoms with Crippen molar-refractivity contribution >= 4 is 5.97 Å². The molecule has 4 aliphatic rings. The molecule has 0 saturated heterocycles. The van der Waals surface area contributed by atoms with Crippen LogP contribution in [0.2, 0.25) is 0 Å². The van der Waals surface area contributed by atoms with Gasteiger partial charge in [0.15, 0.2) is 0 Å². The molecule has 0 unspecified atom stereocenters. The summed E-state index contributed by atoms with van der Waals surface area (Å²) in [6.45, 7) is 7.10. The average molecular weight is 232 g/mol. The van der Waals surface area contributed by atoms with E-state index in [1.54, 1.807) is 0 Å². The average Bonchev–Trinajstić information content (AvgIpc) is 2.52. The van der Waals surface area contributed by atoms with E-state index < -0.39 is 5.97 Å². The summed E-state index contributed by atoms with van der Waals surface area (Å²) in [6.07, 6.45) is 6.63. The molecule has 1 spiro atoms. The van der Waals surface area contributed by atoms with Crippen LogP contribution >= 0.6 is 0 Å². The molecule has 3 fully saturated rings. The molecule has 0 aromatic heterocycles. The third kappa shape index (κ3) is 0.708. The van der Waals surface area contributed by atoms with Crippen LogP contribution in [0.1, 0.15) is 33.6 Å². The van der Waals surface area contributed by atoms with E-state index >= 15 is 0 Å². The molecule has 0 radical (unpaired) electrons. The molecule has 0 heterocycles. The Bertz CT molecular complexity index is 464. The number of allylic oxidation sites excluding steroid dienone is 2. The molecular weight excluding hydrogens is 212 g/mol. The van der Waals surface area contributed by atoms with Crippen LogP contribution in [-0.4, -0.2) is 11.1 Å². The second kappa shape index (κ2) is 2.34. The lowest BCUT2D eigenvalue weighted by Gasteiger charge is -2.40. The number of hydrogen-bond donors (Lipinski definition) is 1. The summed E-state index contributed by atoms with van der Waals surface area (Å²) in [5, 5.41) is 9.56. The fourth-order valence-corrected chi connectivity index (χ4v) is 6.66. The minimum Gasteiger partial charge on any atom is -0.481 e. The van der Waals surface area contributed by atoms with Gasteiger partial charge in [-0.3, -0.25) is 4.79 Å². The van der Waals surface area contributed by atoms with Gasteiger partial charge in [0.1, 0.15) is 0 Å². The van der Waals surface area contributed by atoms with Crippen molar-refractivity contribution in [3.8, 4) is 0 Å². The SMILES string of the molecule is CC1(C)[C@H]2[C@H]3C=C[C@@]4([C@H](C(=O)O)CC[C@@H]14)[C@@]32C. The van der Waals surface area contributed by atoms with Gasteiger partial charge in [0.05, 0.1) is 5.92 Å². The topological polar surface area (TPSA) is 37.3 Å². The van der Waals surface area contributed by atoms with Gasteiger partial charge >= 0.3 is 5.97 Å². The molecule has 92 valence electrons. The maximum absolute atomic E-state index is 11.6. The molecule has 0 amide bonds. The zero-order valence-electron chi connectivity index (χ0n) is 10.7. The zero-order valence-corrected chi connectivity index (χ0v) is 10.7. The summed E-state index contributed by atoms with van der Waals surface area (Å²) in [5.74, 6) is 1.27. The smallest absolute Gasteiger partial charge is 0.307 e. The Labute approximate surface area is 102 Å². The second-order valence-corrected chi connectivity index (χ2v) is 7.42. The van der Waals surface area contributed by atoms with E-state index in [-0.39, 0.29) is 16.7 Å². The standard InChI is InChI=1S/C15H20O2/c1-13(2)10-5-4-9(12(16)17)15(10)7-6-8-11(13)14(8,15)3/h6-11H,4-5H2,1-3H3,(H,16,17)/t8-,9+,10+,11-,14+,15+/m1/s1. The van der Waals surface area contributed by atoms with E-state index in [2.05, 4.69) is 32.9 Å². The molecule has 0 aliphatic heterocycles. The second-order valence-electron chi connectivity index (χ2n) is 7.42. The fraction of sp³-hybridized carbons (Fsp3) is 0.800. The predicted octanol–water partition coefficient (Wildman–Crippen LogP) is 2.95. The molecule has 0 bridgehead atoms. The van der Waals surface area contributed by atoms with Crippen LogP contribution in [0, 0.1) is 39.9 Å². The number of aliphatic carboxylic acids is 1. The molecule has 4 aliphatic carbocycles. The fourth-order valence-electron chi connectivity index (χ4n) is 6.66. The van der Waals surface area contributed by atoms with Crippen molar-refractivity contribution < 1.29 is 9.90 Å². The van der Waals surface area contributed by atoms with Crippen molar-refractivity contribution in [3.05, 3.63) is 12.2 Å². The first-order valence-electron chi connectivity index (χ1n) is 6.80. The maximum atomic E-state index is 11.6. The van der Waals surface area contributed by atoms with Crippen molar-refractivity contribution in [3.63, 3.8) is 0 Å². The highest BCUT2D eigenvalue weighted by Crippen LogP contribution is 2.90. The number of carboxylic acid groups (broad SMARTS) is 1. The van der Waals surface area contributed by atoms with Gasteiger partial charge in [0, 0.05) is 5.41 Å². The number of rotatable bonds is 1. The first-order chi connectivity index (χ1) is 7.88. The molecule has 6 atom stereocenters. The lowest BCUT2D eigenvalue weighted by molar-refractivity contribution is -0.146. The normalized spacial score (nSPS) is 60.2. The number of carbonyl (C=O) groups is 1. The Hall–Kier alpha value is -0.790. The van der Waals surface area contributed by atoms with Crippen LogP contribution in [0.5, 0.6) is 0 Å². The van der Waals surface area contributed by atoms with E-state index in [1.807, 2.05) is 0 Å². The Morgan fingerprint density at radius 2 is 2.00 bits per heavy atom. The van der Waals surface area contributed by atoms with Crippen LogP contribution in [0.15, 0.2) is 12.2 Å². The number of fused-ring (bicyclic) bond motifs is 1. The summed E-state index contributed by atoms with van der Waals surface area (Å²) in [7, 11) is 0. The van der Waals surface area contributed by atoms with Gasteiger partial charge in [0.2, 0.25) is 0 Å². The lowest BCUT2D eigenvalue weighted by atomic mass is 9.63. The third-order valence-corrected chi connectivity index (χ3v) is 7.00. The number of carboxylic acids is 1. The molecule has 2 nitrogen and oxygen atoms in total. The van der Waals surface area contributed by atoms with Gasteiger partial charge < -0.3 is 5.11 Å².